The number of nitrogens with zero attached hydrogens (tertiary/aromatic N) is 3. The van der Waals surface area contributed by atoms with Crippen molar-refractivity contribution in [3.05, 3.63) is 12.2 Å². The molecule has 0 bridgehead atoms. The maximum atomic E-state index is 11.7. The first kappa shape index (κ1) is 12.9. The van der Waals surface area contributed by atoms with Gasteiger partial charge in [-0.2, -0.15) is 18.3 Å². The fourth-order valence-corrected chi connectivity index (χ4v) is 1.05. The number of aromatic nitrogens is 3. The van der Waals surface area contributed by atoms with Gasteiger partial charge < -0.3 is 10.5 Å². The molecule has 0 aliphatic heterocycles. The number of nitrogens with two attached hydrogens (primary N) is 1. The molecule has 1 aromatic rings. The third kappa shape index (κ3) is 5.08. The normalized spacial score (nSPS) is 12.0. The zero-order chi connectivity index (χ0) is 12.0. The summed E-state index contributed by atoms with van der Waals surface area (Å²) in [6.45, 7) is -0.460. The van der Waals surface area contributed by atoms with Crippen molar-refractivity contribution in [2.75, 3.05) is 13.2 Å². The molecule has 0 unspecified atom stereocenters. The van der Waals surface area contributed by atoms with Gasteiger partial charge in [0, 0.05) is 13.2 Å². The third-order valence-corrected chi connectivity index (χ3v) is 1.71. The lowest BCUT2D eigenvalue weighted by atomic mass is 10.4. The molecule has 1 heterocycles. The largest absolute Gasteiger partial charge is 0.411 e. The van der Waals surface area contributed by atoms with E-state index in [1.54, 1.807) is 0 Å². The summed E-state index contributed by atoms with van der Waals surface area (Å²) in [4.78, 5) is 3.88. The van der Waals surface area contributed by atoms with Crippen LogP contribution in [0.4, 0.5) is 13.2 Å². The number of hydrogen-bond donors (Lipinski definition) is 1. The Morgan fingerprint density at radius 3 is 2.75 bits per heavy atom. The van der Waals surface area contributed by atoms with Gasteiger partial charge in [-0.05, 0) is 6.42 Å². The zero-order valence-electron chi connectivity index (χ0n) is 8.57. The molecule has 16 heavy (non-hydrogen) atoms. The average Bonchev–Trinajstić information content (AvgIpc) is 2.63. The Morgan fingerprint density at radius 1 is 1.44 bits per heavy atom. The topological polar surface area (TPSA) is 66.0 Å². The van der Waals surface area contributed by atoms with Gasteiger partial charge >= 0.3 is 6.18 Å². The van der Waals surface area contributed by atoms with E-state index in [2.05, 4.69) is 14.8 Å². The van der Waals surface area contributed by atoms with Crippen LogP contribution in [0.5, 0.6) is 0 Å². The van der Waals surface area contributed by atoms with Crippen LogP contribution < -0.4 is 5.73 Å². The Morgan fingerprint density at radius 2 is 2.19 bits per heavy atom. The minimum Gasteiger partial charge on any atom is -0.372 e. The van der Waals surface area contributed by atoms with Gasteiger partial charge in [-0.3, -0.25) is 4.68 Å². The summed E-state index contributed by atoms with van der Waals surface area (Å²) in [5.74, 6) is 0.510. The molecule has 0 atom stereocenters. The van der Waals surface area contributed by atoms with Crippen molar-refractivity contribution in [2.24, 2.45) is 5.73 Å². The number of aryl methyl sites for hydroxylation is 1. The average molecular weight is 238 g/mol. The van der Waals surface area contributed by atoms with Crippen molar-refractivity contribution in [1.82, 2.24) is 14.8 Å². The predicted octanol–water partition coefficient (Wildman–Crippen LogP) is 0.706. The minimum absolute atomic E-state index is 0.0390. The molecule has 0 saturated carbocycles. The quantitative estimate of drug-likeness (QED) is 0.741. The third-order valence-electron chi connectivity index (χ3n) is 1.71. The van der Waals surface area contributed by atoms with E-state index in [1.807, 2.05) is 0 Å². The van der Waals surface area contributed by atoms with Crippen molar-refractivity contribution in [2.45, 2.75) is 25.7 Å². The maximum absolute atomic E-state index is 11.7. The number of rotatable bonds is 6. The second-order valence-electron chi connectivity index (χ2n) is 3.15. The van der Waals surface area contributed by atoms with Crippen LogP contribution in [0.25, 0.3) is 0 Å². The molecule has 0 aliphatic carbocycles. The molecule has 0 amide bonds. The van der Waals surface area contributed by atoms with Crippen molar-refractivity contribution < 1.29 is 17.9 Å². The minimum atomic E-state index is -4.26. The standard InChI is InChI=1S/C8H13F3N4O/c9-8(10,11)5-16-3-1-2-15-6-13-7(4-12)14-15/h6H,1-5,12H2. The maximum Gasteiger partial charge on any atom is 0.411 e. The van der Waals surface area contributed by atoms with E-state index in [9.17, 15) is 13.2 Å². The van der Waals surface area contributed by atoms with Crippen LogP contribution in [0, 0.1) is 0 Å². The van der Waals surface area contributed by atoms with Gasteiger partial charge in [0.25, 0.3) is 0 Å². The van der Waals surface area contributed by atoms with Crippen molar-refractivity contribution in [3.8, 4) is 0 Å². The first-order chi connectivity index (χ1) is 7.51. The van der Waals surface area contributed by atoms with E-state index in [0.29, 0.717) is 18.8 Å². The number of ether oxygens (including phenoxy) is 1. The lowest BCUT2D eigenvalue weighted by Gasteiger charge is -2.07. The summed E-state index contributed by atoms with van der Waals surface area (Å²) in [6.07, 6.45) is -2.32. The van der Waals surface area contributed by atoms with Crippen LogP contribution in [0.15, 0.2) is 6.33 Å². The smallest absolute Gasteiger partial charge is 0.372 e. The number of alkyl halides is 3. The van der Waals surface area contributed by atoms with Gasteiger partial charge in [-0.15, -0.1) is 0 Å². The summed E-state index contributed by atoms with van der Waals surface area (Å²) < 4.78 is 41.0. The summed E-state index contributed by atoms with van der Waals surface area (Å²) in [7, 11) is 0. The second-order valence-corrected chi connectivity index (χ2v) is 3.15. The first-order valence-electron chi connectivity index (χ1n) is 4.74. The summed E-state index contributed by atoms with van der Waals surface area (Å²) in [5, 5.41) is 3.98. The summed E-state index contributed by atoms with van der Waals surface area (Å²) in [6, 6.07) is 0. The van der Waals surface area contributed by atoms with Gasteiger partial charge in [0.2, 0.25) is 0 Å². The van der Waals surface area contributed by atoms with E-state index in [1.165, 1.54) is 11.0 Å². The molecule has 2 N–H and O–H groups in total. The zero-order valence-corrected chi connectivity index (χ0v) is 8.57. The van der Waals surface area contributed by atoms with E-state index >= 15 is 0 Å². The predicted molar refractivity (Wildman–Crippen MR) is 49.4 cm³/mol. The monoisotopic (exact) mass is 238 g/mol. The van der Waals surface area contributed by atoms with E-state index in [4.69, 9.17) is 5.73 Å². The molecule has 8 heteroatoms. The molecule has 0 radical (unpaired) electrons. The van der Waals surface area contributed by atoms with Crippen LogP contribution in [0.3, 0.4) is 0 Å². The van der Waals surface area contributed by atoms with Gasteiger partial charge in [-0.1, -0.05) is 0 Å². The Labute approximate surface area is 90.4 Å². The van der Waals surface area contributed by atoms with Crippen LogP contribution in [0.2, 0.25) is 0 Å². The summed E-state index contributed by atoms with van der Waals surface area (Å²) in [5.41, 5.74) is 5.30. The Bertz CT molecular complexity index is 312. The Balaban J connectivity index is 2.11. The van der Waals surface area contributed by atoms with Crippen molar-refractivity contribution in [1.29, 1.82) is 0 Å². The lowest BCUT2D eigenvalue weighted by Crippen LogP contribution is -2.17. The van der Waals surface area contributed by atoms with E-state index in [-0.39, 0.29) is 13.2 Å². The fraction of sp³-hybridized carbons (Fsp3) is 0.750. The molecule has 0 saturated heterocycles. The molecule has 92 valence electrons. The van der Waals surface area contributed by atoms with E-state index in [0.717, 1.165) is 0 Å². The SMILES string of the molecule is NCc1ncn(CCCOCC(F)(F)F)n1. The van der Waals surface area contributed by atoms with Gasteiger partial charge in [0.15, 0.2) is 5.82 Å². The van der Waals surface area contributed by atoms with Gasteiger partial charge in [0.05, 0.1) is 6.54 Å². The molecule has 0 fully saturated rings. The van der Waals surface area contributed by atoms with Gasteiger partial charge in [-0.25, -0.2) is 4.98 Å². The molecule has 5 nitrogen and oxygen atoms in total. The van der Waals surface area contributed by atoms with Crippen LogP contribution in [0.1, 0.15) is 12.2 Å². The van der Waals surface area contributed by atoms with Gasteiger partial charge in [0.1, 0.15) is 12.9 Å². The highest BCUT2D eigenvalue weighted by Gasteiger charge is 2.27. The second kappa shape index (κ2) is 5.80. The number of hydrogen-bond acceptors (Lipinski definition) is 4. The molecule has 1 aromatic heterocycles. The highest BCUT2D eigenvalue weighted by Crippen LogP contribution is 2.14. The number of halogens is 3. The highest BCUT2D eigenvalue weighted by molar-refractivity contribution is 4.78. The fourth-order valence-electron chi connectivity index (χ4n) is 1.05. The molecule has 0 aliphatic rings. The molecule has 1 rings (SSSR count). The first-order valence-corrected chi connectivity index (χ1v) is 4.74. The van der Waals surface area contributed by atoms with Crippen molar-refractivity contribution >= 4 is 0 Å². The highest BCUT2D eigenvalue weighted by atomic mass is 19.4. The molecular formula is C8H13F3N4O. The molecule has 0 spiro atoms. The molecule has 0 aromatic carbocycles. The van der Waals surface area contributed by atoms with Crippen LogP contribution in [-0.4, -0.2) is 34.2 Å². The van der Waals surface area contributed by atoms with E-state index < -0.39 is 12.8 Å². The Hall–Kier alpha value is -1.15. The Kier molecular flexibility index (Phi) is 4.69. The van der Waals surface area contributed by atoms with Crippen LogP contribution in [-0.2, 0) is 17.8 Å². The van der Waals surface area contributed by atoms with Crippen LogP contribution >= 0.6 is 0 Å². The summed E-state index contributed by atoms with van der Waals surface area (Å²) >= 11 is 0. The molecular weight excluding hydrogens is 225 g/mol. The lowest BCUT2D eigenvalue weighted by molar-refractivity contribution is -0.174. The van der Waals surface area contributed by atoms with Crippen molar-refractivity contribution in [3.63, 3.8) is 0 Å².